The Labute approximate surface area is 103 Å². The molecule has 90 valence electrons. The number of carbonyl (C=O) groups is 1. The highest BCUT2D eigenvalue weighted by Gasteiger charge is 2.34. The van der Waals surface area contributed by atoms with Gasteiger partial charge >= 0.3 is 5.69 Å². The Bertz CT molecular complexity index is 526. The molecule has 0 bridgehead atoms. The molecule has 0 N–H and O–H groups in total. The zero-order valence-corrected chi connectivity index (χ0v) is 10.2. The summed E-state index contributed by atoms with van der Waals surface area (Å²) in [5, 5.41) is 10.6. The fourth-order valence-corrected chi connectivity index (χ4v) is 2.29. The van der Waals surface area contributed by atoms with E-state index in [1.165, 1.54) is 6.07 Å². The largest absolute Gasteiger partial charge is 0.307 e. The Morgan fingerprint density at radius 3 is 2.71 bits per heavy atom. The van der Waals surface area contributed by atoms with Gasteiger partial charge in [-0.15, -0.1) is 0 Å². The number of halogens is 1. The van der Waals surface area contributed by atoms with E-state index in [1.807, 2.05) is 13.8 Å². The van der Waals surface area contributed by atoms with E-state index < -0.39 is 4.92 Å². The molecule has 1 aromatic heterocycles. The number of pyridine rings is 1. The van der Waals surface area contributed by atoms with Crippen LogP contribution in [-0.4, -0.2) is 15.7 Å². The first kappa shape index (κ1) is 12.0. The van der Waals surface area contributed by atoms with Crippen molar-refractivity contribution in [2.75, 3.05) is 0 Å². The van der Waals surface area contributed by atoms with E-state index in [0.29, 0.717) is 24.1 Å². The highest BCUT2D eigenvalue weighted by molar-refractivity contribution is 6.31. The average Bonchev–Trinajstić information content (AvgIpc) is 2.13. The summed E-state index contributed by atoms with van der Waals surface area (Å²) in [4.78, 5) is 26.0. The van der Waals surface area contributed by atoms with Crippen molar-refractivity contribution in [2.24, 2.45) is 5.41 Å². The van der Waals surface area contributed by atoms with Crippen LogP contribution < -0.4 is 0 Å². The summed E-state index contributed by atoms with van der Waals surface area (Å²) < 4.78 is 0. The molecule has 1 heterocycles. The summed E-state index contributed by atoms with van der Waals surface area (Å²) >= 11 is 5.73. The molecule has 1 aromatic rings. The number of nitro groups is 1. The Morgan fingerprint density at radius 2 is 2.12 bits per heavy atom. The maximum absolute atomic E-state index is 11.9. The first-order valence-corrected chi connectivity index (χ1v) is 5.55. The number of nitrogens with zero attached hydrogens (tertiary/aromatic N) is 2. The minimum atomic E-state index is -0.622. The highest BCUT2D eigenvalue weighted by atomic mass is 35.5. The molecule has 0 atom stereocenters. The second-order valence-corrected chi connectivity index (χ2v) is 5.35. The highest BCUT2D eigenvalue weighted by Crippen LogP contribution is 2.36. The third-order valence-corrected chi connectivity index (χ3v) is 3.10. The van der Waals surface area contributed by atoms with Gasteiger partial charge in [-0.05, 0) is 11.8 Å². The minimum absolute atomic E-state index is 0.108. The number of ketones is 1. The molecular weight excluding hydrogens is 244 g/mol. The first-order chi connectivity index (χ1) is 7.80. The minimum Gasteiger partial charge on any atom is -0.294 e. The number of hydrogen-bond acceptors (Lipinski definition) is 4. The van der Waals surface area contributed by atoms with Crippen LogP contribution >= 0.6 is 11.6 Å². The van der Waals surface area contributed by atoms with Gasteiger partial charge in [-0.1, -0.05) is 25.4 Å². The standard InChI is InChI=1S/C11H11ClN2O3/c1-11(2)4-7-6(9(15)5-11)3-8(14(16)17)10(12)13-7/h3H,4-5H2,1-2H3. The molecule has 0 spiro atoms. The molecular formula is C11H11ClN2O3. The van der Waals surface area contributed by atoms with Gasteiger partial charge in [0.15, 0.2) is 5.78 Å². The molecule has 0 amide bonds. The van der Waals surface area contributed by atoms with Crippen LogP contribution in [0.15, 0.2) is 6.07 Å². The molecule has 1 aliphatic rings. The summed E-state index contributed by atoms with van der Waals surface area (Å²) in [5.41, 5.74) is 0.414. The molecule has 0 fully saturated rings. The van der Waals surface area contributed by atoms with E-state index in [4.69, 9.17) is 11.6 Å². The van der Waals surface area contributed by atoms with Gasteiger partial charge in [-0.25, -0.2) is 4.98 Å². The Kier molecular flexibility index (Phi) is 2.66. The lowest BCUT2D eigenvalue weighted by Crippen LogP contribution is -2.28. The molecule has 5 nitrogen and oxygen atoms in total. The van der Waals surface area contributed by atoms with Gasteiger partial charge in [0, 0.05) is 18.1 Å². The van der Waals surface area contributed by atoms with Crippen LogP contribution in [0.5, 0.6) is 0 Å². The molecule has 1 aliphatic carbocycles. The third kappa shape index (κ3) is 2.15. The number of hydrogen-bond donors (Lipinski definition) is 0. The van der Waals surface area contributed by atoms with Crippen LogP contribution in [-0.2, 0) is 6.42 Å². The molecule has 0 saturated carbocycles. The second-order valence-electron chi connectivity index (χ2n) is 4.99. The Balaban J connectivity index is 2.58. The second kappa shape index (κ2) is 3.77. The fraction of sp³-hybridized carbons (Fsp3) is 0.455. The summed E-state index contributed by atoms with van der Waals surface area (Å²) in [5.74, 6) is -0.108. The number of carbonyl (C=O) groups excluding carboxylic acids is 1. The van der Waals surface area contributed by atoms with E-state index in [-0.39, 0.29) is 22.0 Å². The third-order valence-electron chi connectivity index (χ3n) is 2.82. The van der Waals surface area contributed by atoms with Gasteiger partial charge in [0.25, 0.3) is 0 Å². The van der Waals surface area contributed by atoms with Crippen LogP contribution in [0, 0.1) is 15.5 Å². The van der Waals surface area contributed by atoms with Crippen molar-refractivity contribution in [2.45, 2.75) is 26.7 Å². The first-order valence-electron chi connectivity index (χ1n) is 5.17. The van der Waals surface area contributed by atoms with Crippen LogP contribution in [0.4, 0.5) is 5.69 Å². The van der Waals surface area contributed by atoms with Crippen LogP contribution in [0.2, 0.25) is 5.15 Å². The van der Waals surface area contributed by atoms with Crippen LogP contribution in [0.3, 0.4) is 0 Å². The number of aromatic nitrogens is 1. The summed E-state index contributed by atoms with van der Waals surface area (Å²) in [7, 11) is 0. The number of rotatable bonds is 1. The molecule has 6 heteroatoms. The molecule has 2 rings (SSSR count). The van der Waals surface area contributed by atoms with E-state index in [1.54, 1.807) is 0 Å². The lowest BCUT2D eigenvalue weighted by Gasteiger charge is -2.29. The fourth-order valence-electron chi connectivity index (χ4n) is 2.07. The predicted molar refractivity (Wildman–Crippen MR) is 62.3 cm³/mol. The normalized spacial score (nSPS) is 17.7. The van der Waals surface area contributed by atoms with Gasteiger partial charge in [-0.3, -0.25) is 14.9 Å². The van der Waals surface area contributed by atoms with Crippen molar-refractivity contribution in [1.29, 1.82) is 0 Å². The summed E-state index contributed by atoms with van der Waals surface area (Å²) in [6, 6.07) is 1.24. The van der Waals surface area contributed by atoms with Crippen molar-refractivity contribution >= 4 is 23.1 Å². The maximum atomic E-state index is 11.9. The van der Waals surface area contributed by atoms with Crippen LogP contribution in [0.1, 0.15) is 36.3 Å². The SMILES string of the molecule is CC1(C)CC(=O)c2cc([N+](=O)[O-])c(Cl)nc2C1. The van der Waals surface area contributed by atoms with Crippen molar-refractivity contribution in [3.63, 3.8) is 0 Å². The zero-order valence-electron chi connectivity index (χ0n) is 9.49. The van der Waals surface area contributed by atoms with Gasteiger partial charge in [0.1, 0.15) is 0 Å². The maximum Gasteiger partial charge on any atom is 0.307 e. The number of Topliss-reactive ketones (excluding diaryl/α,β-unsaturated/α-hetero) is 1. The predicted octanol–water partition coefficient (Wildman–Crippen LogP) is 2.80. The Hall–Kier alpha value is -1.49. The number of fused-ring (bicyclic) bond motifs is 1. The molecule has 17 heavy (non-hydrogen) atoms. The monoisotopic (exact) mass is 254 g/mol. The average molecular weight is 255 g/mol. The summed E-state index contributed by atoms with van der Waals surface area (Å²) in [6.07, 6.45) is 0.978. The van der Waals surface area contributed by atoms with Gasteiger partial charge in [0.2, 0.25) is 5.15 Å². The smallest absolute Gasteiger partial charge is 0.294 e. The summed E-state index contributed by atoms with van der Waals surface area (Å²) in [6.45, 7) is 3.93. The van der Waals surface area contributed by atoms with Crippen LogP contribution in [0.25, 0.3) is 0 Å². The van der Waals surface area contributed by atoms with E-state index in [0.717, 1.165) is 0 Å². The lowest BCUT2D eigenvalue weighted by atomic mass is 9.75. The van der Waals surface area contributed by atoms with Gasteiger partial charge < -0.3 is 0 Å². The zero-order chi connectivity index (χ0) is 12.8. The molecule has 0 radical (unpaired) electrons. The Morgan fingerprint density at radius 1 is 1.47 bits per heavy atom. The van der Waals surface area contributed by atoms with Crippen molar-refractivity contribution < 1.29 is 9.72 Å². The lowest BCUT2D eigenvalue weighted by molar-refractivity contribution is -0.385. The quantitative estimate of drug-likeness (QED) is 0.439. The van der Waals surface area contributed by atoms with Gasteiger partial charge in [-0.2, -0.15) is 0 Å². The van der Waals surface area contributed by atoms with Crippen molar-refractivity contribution in [1.82, 2.24) is 4.98 Å². The molecule has 0 saturated heterocycles. The van der Waals surface area contributed by atoms with Crippen molar-refractivity contribution in [3.8, 4) is 0 Å². The molecule has 0 unspecified atom stereocenters. The topological polar surface area (TPSA) is 73.1 Å². The molecule has 0 aromatic carbocycles. The van der Waals surface area contributed by atoms with E-state index in [9.17, 15) is 14.9 Å². The van der Waals surface area contributed by atoms with E-state index in [2.05, 4.69) is 4.98 Å². The van der Waals surface area contributed by atoms with Gasteiger partial charge in [0.05, 0.1) is 10.6 Å². The molecule has 0 aliphatic heterocycles. The van der Waals surface area contributed by atoms with Crippen molar-refractivity contribution in [3.05, 3.63) is 32.6 Å². The van der Waals surface area contributed by atoms with E-state index >= 15 is 0 Å².